The Morgan fingerprint density at radius 1 is 1.06 bits per heavy atom. The fourth-order valence-corrected chi connectivity index (χ4v) is 3.71. The van der Waals surface area contributed by atoms with Crippen LogP contribution >= 0.6 is 11.6 Å². The van der Waals surface area contributed by atoms with E-state index in [1.807, 2.05) is 31.2 Å². The zero-order valence-corrected chi connectivity index (χ0v) is 19.1. The normalized spacial score (nSPS) is 11.0. The van der Waals surface area contributed by atoms with Crippen LogP contribution in [0.2, 0.25) is 5.02 Å². The van der Waals surface area contributed by atoms with Gasteiger partial charge >= 0.3 is 0 Å². The number of benzene rings is 3. The van der Waals surface area contributed by atoms with Gasteiger partial charge in [-0.15, -0.1) is 10.2 Å². The van der Waals surface area contributed by atoms with Crippen LogP contribution in [0.1, 0.15) is 41.3 Å². The SMILES string of the molecule is CCCCc1ccc(-n2nc3cc(C)c(NC(=O)c4cc(Cl)ccc4OC)cc3n2)cc1. The molecule has 0 bridgehead atoms. The summed E-state index contributed by atoms with van der Waals surface area (Å²) in [5, 5.41) is 12.6. The summed E-state index contributed by atoms with van der Waals surface area (Å²) < 4.78 is 5.30. The summed E-state index contributed by atoms with van der Waals surface area (Å²) in [5.41, 5.74) is 5.57. The van der Waals surface area contributed by atoms with Gasteiger partial charge in [0.1, 0.15) is 16.8 Å². The van der Waals surface area contributed by atoms with Crippen molar-refractivity contribution in [3.63, 3.8) is 0 Å². The van der Waals surface area contributed by atoms with Crippen molar-refractivity contribution in [1.29, 1.82) is 0 Å². The highest BCUT2D eigenvalue weighted by Crippen LogP contribution is 2.26. The Morgan fingerprint density at radius 2 is 1.78 bits per heavy atom. The van der Waals surface area contributed by atoms with Crippen LogP contribution in [0, 0.1) is 6.92 Å². The summed E-state index contributed by atoms with van der Waals surface area (Å²) in [6.07, 6.45) is 3.43. The van der Waals surface area contributed by atoms with Crippen LogP contribution in [0.3, 0.4) is 0 Å². The van der Waals surface area contributed by atoms with Gasteiger partial charge in [-0.05, 0) is 73.4 Å². The molecule has 164 valence electrons. The first-order chi connectivity index (χ1) is 15.5. The van der Waals surface area contributed by atoms with Gasteiger partial charge in [-0.2, -0.15) is 4.80 Å². The molecular formula is C25H25ClN4O2. The number of ether oxygens (including phenoxy) is 1. The van der Waals surface area contributed by atoms with E-state index in [1.165, 1.54) is 25.5 Å². The number of fused-ring (bicyclic) bond motifs is 1. The van der Waals surface area contributed by atoms with Gasteiger partial charge in [0.25, 0.3) is 5.91 Å². The van der Waals surface area contributed by atoms with Crippen molar-refractivity contribution in [2.24, 2.45) is 0 Å². The zero-order valence-electron chi connectivity index (χ0n) is 18.4. The van der Waals surface area contributed by atoms with Crippen molar-refractivity contribution in [3.8, 4) is 11.4 Å². The van der Waals surface area contributed by atoms with E-state index in [0.717, 1.165) is 23.2 Å². The van der Waals surface area contributed by atoms with Crippen LogP contribution < -0.4 is 10.1 Å². The molecule has 3 aromatic carbocycles. The third-order valence-electron chi connectivity index (χ3n) is 5.37. The minimum absolute atomic E-state index is 0.304. The van der Waals surface area contributed by atoms with Gasteiger partial charge < -0.3 is 10.1 Å². The molecule has 1 aromatic heterocycles. The number of anilines is 1. The third kappa shape index (κ3) is 4.60. The molecule has 0 atom stereocenters. The molecule has 0 radical (unpaired) electrons. The fraction of sp³-hybridized carbons (Fsp3) is 0.240. The van der Waals surface area contributed by atoms with Crippen LogP contribution in [0.15, 0.2) is 54.6 Å². The lowest BCUT2D eigenvalue weighted by Gasteiger charge is -2.11. The number of nitrogens with one attached hydrogen (secondary N) is 1. The quantitative estimate of drug-likeness (QED) is 0.377. The van der Waals surface area contributed by atoms with Crippen molar-refractivity contribution >= 4 is 34.2 Å². The molecule has 4 rings (SSSR count). The Bertz CT molecular complexity index is 1270. The molecule has 1 amide bonds. The highest BCUT2D eigenvalue weighted by molar-refractivity contribution is 6.31. The van der Waals surface area contributed by atoms with E-state index in [4.69, 9.17) is 16.3 Å². The first-order valence-corrected chi connectivity index (χ1v) is 11.0. The average Bonchev–Trinajstić information content (AvgIpc) is 3.20. The predicted octanol–water partition coefficient (Wildman–Crippen LogP) is 5.99. The fourth-order valence-electron chi connectivity index (χ4n) is 3.54. The minimum Gasteiger partial charge on any atom is -0.496 e. The van der Waals surface area contributed by atoms with Gasteiger partial charge in [0.15, 0.2) is 0 Å². The molecule has 4 aromatic rings. The van der Waals surface area contributed by atoms with Gasteiger partial charge in [-0.1, -0.05) is 37.1 Å². The Hall–Kier alpha value is -3.38. The molecule has 0 aliphatic rings. The maximum atomic E-state index is 12.9. The molecule has 6 nitrogen and oxygen atoms in total. The van der Waals surface area contributed by atoms with Gasteiger partial charge in [-0.3, -0.25) is 4.79 Å². The summed E-state index contributed by atoms with van der Waals surface area (Å²) in [7, 11) is 1.52. The molecule has 7 heteroatoms. The molecule has 1 heterocycles. The lowest BCUT2D eigenvalue weighted by Crippen LogP contribution is -2.14. The van der Waals surface area contributed by atoms with Gasteiger partial charge in [-0.25, -0.2) is 0 Å². The Morgan fingerprint density at radius 3 is 2.47 bits per heavy atom. The molecule has 0 saturated carbocycles. The maximum Gasteiger partial charge on any atom is 0.259 e. The second-order valence-corrected chi connectivity index (χ2v) is 8.15. The van der Waals surface area contributed by atoms with Crippen molar-refractivity contribution in [1.82, 2.24) is 15.0 Å². The van der Waals surface area contributed by atoms with E-state index in [-0.39, 0.29) is 5.91 Å². The van der Waals surface area contributed by atoms with Gasteiger partial charge in [0, 0.05) is 10.7 Å². The summed E-state index contributed by atoms with van der Waals surface area (Å²) in [6, 6.07) is 17.0. The maximum absolute atomic E-state index is 12.9. The van der Waals surface area contributed by atoms with Crippen molar-refractivity contribution in [2.75, 3.05) is 12.4 Å². The van der Waals surface area contributed by atoms with Crippen molar-refractivity contribution in [3.05, 3.63) is 76.3 Å². The van der Waals surface area contributed by atoms with E-state index in [0.29, 0.717) is 27.5 Å². The average molecular weight is 449 g/mol. The number of hydrogen-bond donors (Lipinski definition) is 1. The summed E-state index contributed by atoms with van der Waals surface area (Å²) in [6.45, 7) is 4.11. The summed E-state index contributed by atoms with van der Waals surface area (Å²) >= 11 is 6.07. The number of carbonyl (C=O) groups is 1. The molecule has 0 aliphatic carbocycles. The smallest absolute Gasteiger partial charge is 0.259 e. The van der Waals surface area contributed by atoms with Crippen LogP contribution in [0.4, 0.5) is 5.69 Å². The molecule has 0 unspecified atom stereocenters. The second-order valence-electron chi connectivity index (χ2n) is 7.71. The standard InChI is InChI=1S/C25H25ClN4O2/c1-4-5-6-17-7-10-19(11-8-17)30-28-22-13-16(2)21(15-23(22)29-30)27-25(31)20-14-18(26)9-12-24(20)32-3/h7-15H,4-6H2,1-3H3,(H,27,31). The minimum atomic E-state index is -0.304. The van der Waals surface area contributed by atoms with E-state index in [2.05, 4.69) is 34.6 Å². The third-order valence-corrected chi connectivity index (χ3v) is 5.60. The summed E-state index contributed by atoms with van der Waals surface area (Å²) in [5.74, 6) is 0.154. The second kappa shape index (κ2) is 9.40. The molecule has 0 saturated heterocycles. The Labute approximate surface area is 192 Å². The Kier molecular flexibility index (Phi) is 6.42. The monoisotopic (exact) mass is 448 g/mol. The van der Waals surface area contributed by atoms with Gasteiger partial charge in [0.2, 0.25) is 0 Å². The number of rotatable bonds is 7. The first kappa shape index (κ1) is 21.8. The first-order valence-electron chi connectivity index (χ1n) is 10.6. The molecular weight excluding hydrogens is 424 g/mol. The predicted molar refractivity (Wildman–Crippen MR) is 128 cm³/mol. The number of amides is 1. The zero-order chi connectivity index (χ0) is 22.7. The molecule has 32 heavy (non-hydrogen) atoms. The van der Waals surface area contributed by atoms with Crippen LogP contribution in [0.5, 0.6) is 5.75 Å². The largest absolute Gasteiger partial charge is 0.496 e. The van der Waals surface area contributed by atoms with Crippen LogP contribution in [0.25, 0.3) is 16.7 Å². The Balaban J connectivity index is 1.60. The van der Waals surface area contributed by atoms with E-state index in [1.54, 1.807) is 23.0 Å². The number of aryl methyl sites for hydroxylation is 2. The molecule has 0 spiro atoms. The molecule has 1 N–H and O–H groups in total. The van der Waals surface area contributed by atoms with Gasteiger partial charge in [0.05, 0.1) is 18.4 Å². The van der Waals surface area contributed by atoms with E-state index in [9.17, 15) is 4.79 Å². The summed E-state index contributed by atoms with van der Waals surface area (Å²) in [4.78, 5) is 14.5. The number of methoxy groups -OCH3 is 1. The highest BCUT2D eigenvalue weighted by atomic mass is 35.5. The van der Waals surface area contributed by atoms with E-state index < -0.39 is 0 Å². The highest BCUT2D eigenvalue weighted by Gasteiger charge is 2.16. The number of carbonyl (C=O) groups excluding carboxylic acids is 1. The van der Waals surface area contributed by atoms with Crippen LogP contribution in [-0.4, -0.2) is 28.0 Å². The van der Waals surface area contributed by atoms with Crippen molar-refractivity contribution in [2.45, 2.75) is 33.1 Å². The van der Waals surface area contributed by atoms with Crippen molar-refractivity contribution < 1.29 is 9.53 Å². The lowest BCUT2D eigenvalue weighted by atomic mass is 10.1. The number of aromatic nitrogens is 3. The number of halogens is 1. The van der Waals surface area contributed by atoms with Crippen LogP contribution in [-0.2, 0) is 6.42 Å². The van der Waals surface area contributed by atoms with E-state index >= 15 is 0 Å². The lowest BCUT2D eigenvalue weighted by molar-refractivity contribution is 0.102. The molecule has 0 fully saturated rings. The number of unbranched alkanes of at least 4 members (excludes halogenated alkanes) is 1. The number of hydrogen-bond acceptors (Lipinski definition) is 4. The molecule has 0 aliphatic heterocycles. The topological polar surface area (TPSA) is 69.0 Å². The number of nitrogens with zero attached hydrogens (tertiary/aromatic N) is 3.